The Kier molecular flexibility index (Phi) is 6.89. The Balaban J connectivity index is 1.62. The van der Waals surface area contributed by atoms with E-state index in [0.717, 1.165) is 5.56 Å². The van der Waals surface area contributed by atoms with E-state index in [-0.39, 0.29) is 16.8 Å². The van der Waals surface area contributed by atoms with Crippen LogP contribution in [-0.4, -0.2) is 51.6 Å². The Hall–Kier alpha value is -2.42. The van der Waals surface area contributed by atoms with Crippen molar-refractivity contribution in [3.63, 3.8) is 0 Å². The number of morpholine rings is 1. The van der Waals surface area contributed by atoms with E-state index < -0.39 is 16.1 Å². The highest BCUT2D eigenvalue weighted by Gasteiger charge is 2.24. The van der Waals surface area contributed by atoms with Crippen LogP contribution in [0, 0.1) is 0 Å². The summed E-state index contributed by atoms with van der Waals surface area (Å²) in [6.07, 6.45) is -0.660. The van der Waals surface area contributed by atoms with Gasteiger partial charge in [0, 0.05) is 19.1 Å². The van der Waals surface area contributed by atoms with Crippen LogP contribution in [0.25, 0.3) is 0 Å². The number of nitrogens with one attached hydrogen (secondary N) is 1. The summed E-state index contributed by atoms with van der Waals surface area (Å²) in [6, 6.07) is 15.1. The van der Waals surface area contributed by atoms with Crippen molar-refractivity contribution in [1.82, 2.24) is 9.62 Å². The number of carbonyl (C=O) groups excluding carboxylic acids is 1. The second-order valence-electron chi connectivity index (χ2n) is 6.92. The lowest BCUT2D eigenvalue weighted by Crippen LogP contribution is -2.46. The number of rotatable bonds is 7. The lowest BCUT2D eigenvalue weighted by molar-refractivity contribution is -0.142. The molecule has 1 fully saturated rings. The molecule has 7 nitrogen and oxygen atoms in total. The molecule has 1 aliphatic heterocycles. The maximum Gasteiger partial charge on any atom is 0.263 e. The average Bonchev–Trinajstić information content (AvgIpc) is 2.74. The molecule has 0 unspecified atom stereocenters. The molecule has 8 heteroatoms. The van der Waals surface area contributed by atoms with E-state index in [9.17, 15) is 13.2 Å². The zero-order valence-corrected chi connectivity index (χ0v) is 17.4. The van der Waals surface area contributed by atoms with Crippen LogP contribution in [-0.2, 0) is 19.6 Å². The fraction of sp³-hybridized carbons (Fsp3) is 0.381. The second kappa shape index (κ2) is 9.39. The van der Waals surface area contributed by atoms with Crippen LogP contribution in [0.5, 0.6) is 5.75 Å². The quantitative estimate of drug-likeness (QED) is 0.746. The molecule has 2 aromatic carbocycles. The third-order valence-corrected chi connectivity index (χ3v) is 6.31. The fourth-order valence-electron chi connectivity index (χ4n) is 3.10. The van der Waals surface area contributed by atoms with E-state index in [4.69, 9.17) is 9.47 Å². The number of carbonyl (C=O) groups is 1. The van der Waals surface area contributed by atoms with Gasteiger partial charge in [-0.3, -0.25) is 4.79 Å². The number of hydrogen-bond acceptors (Lipinski definition) is 5. The number of amides is 1. The normalized spacial score (nSPS) is 16.8. The largest absolute Gasteiger partial charge is 0.481 e. The first kappa shape index (κ1) is 21.3. The first-order valence-electron chi connectivity index (χ1n) is 9.57. The highest BCUT2D eigenvalue weighted by Crippen LogP contribution is 2.20. The zero-order chi connectivity index (χ0) is 20.9. The molecule has 0 saturated carbocycles. The Morgan fingerprint density at radius 3 is 2.28 bits per heavy atom. The molecule has 29 heavy (non-hydrogen) atoms. The smallest absolute Gasteiger partial charge is 0.263 e. The maximum absolute atomic E-state index is 12.6. The Morgan fingerprint density at radius 2 is 1.66 bits per heavy atom. The Bertz CT molecular complexity index is 910. The number of nitrogens with zero attached hydrogens (tertiary/aromatic N) is 1. The molecule has 0 spiro atoms. The lowest BCUT2D eigenvalue weighted by atomic mass is 10.1. The SMILES string of the molecule is C[C@@H](Oc1ccc(S(=O)(=O)N[C@H](C)c2ccccc2)cc1)C(=O)N1CCOCC1. The number of sulfonamides is 1. The van der Waals surface area contributed by atoms with Crippen LogP contribution in [0.3, 0.4) is 0 Å². The standard InChI is InChI=1S/C21H26N2O5S/c1-16(18-6-4-3-5-7-18)22-29(25,26)20-10-8-19(9-11-20)28-17(2)21(24)23-12-14-27-15-13-23/h3-11,16-17,22H,12-15H2,1-2H3/t16-,17-/m1/s1. The Morgan fingerprint density at radius 1 is 1.03 bits per heavy atom. The zero-order valence-electron chi connectivity index (χ0n) is 16.6. The second-order valence-corrected chi connectivity index (χ2v) is 8.64. The predicted octanol–water partition coefficient (Wildman–Crippen LogP) is 2.35. The van der Waals surface area contributed by atoms with Gasteiger partial charge in [-0.05, 0) is 43.7 Å². The molecule has 1 N–H and O–H groups in total. The van der Waals surface area contributed by atoms with Crippen LogP contribution in [0.1, 0.15) is 25.5 Å². The third kappa shape index (κ3) is 5.56. The molecule has 0 aromatic heterocycles. The van der Waals surface area contributed by atoms with Gasteiger partial charge >= 0.3 is 0 Å². The van der Waals surface area contributed by atoms with Gasteiger partial charge in [0.1, 0.15) is 5.75 Å². The van der Waals surface area contributed by atoms with Crippen LogP contribution in [0.15, 0.2) is 59.5 Å². The lowest BCUT2D eigenvalue weighted by Gasteiger charge is -2.29. The van der Waals surface area contributed by atoms with Crippen LogP contribution < -0.4 is 9.46 Å². The van der Waals surface area contributed by atoms with Crippen molar-refractivity contribution in [2.24, 2.45) is 0 Å². The van der Waals surface area contributed by atoms with Gasteiger partial charge in [-0.25, -0.2) is 13.1 Å². The summed E-state index contributed by atoms with van der Waals surface area (Å²) in [6.45, 7) is 5.64. The monoisotopic (exact) mass is 418 g/mol. The molecule has 2 aromatic rings. The van der Waals surface area contributed by atoms with Gasteiger partial charge < -0.3 is 14.4 Å². The van der Waals surface area contributed by atoms with E-state index in [1.807, 2.05) is 30.3 Å². The van der Waals surface area contributed by atoms with Crippen molar-refractivity contribution in [3.05, 3.63) is 60.2 Å². The topological polar surface area (TPSA) is 84.9 Å². The van der Waals surface area contributed by atoms with Gasteiger partial charge in [0.25, 0.3) is 5.91 Å². The minimum absolute atomic E-state index is 0.108. The molecule has 156 valence electrons. The van der Waals surface area contributed by atoms with Gasteiger partial charge in [-0.1, -0.05) is 30.3 Å². The van der Waals surface area contributed by atoms with Crippen molar-refractivity contribution in [1.29, 1.82) is 0 Å². The van der Waals surface area contributed by atoms with Crippen LogP contribution >= 0.6 is 0 Å². The summed E-state index contributed by atoms with van der Waals surface area (Å²) in [5, 5.41) is 0. The number of hydrogen-bond donors (Lipinski definition) is 1. The molecule has 3 rings (SSSR count). The Labute approximate surface area is 171 Å². The molecule has 0 aliphatic carbocycles. The van der Waals surface area contributed by atoms with Gasteiger partial charge in [0.05, 0.1) is 18.1 Å². The summed E-state index contributed by atoms with van der Waals surface area (Å²) >= 11 is 0. The molecule has 1 heterocycles. The first-order chi connectivity index (χ1) is 13.9. The molecule has 2 atom stereocenters. The number of benzene rings is 2. The molecule has 1 saturated heterocycles. The minimum Gasteiger partial charge on any atom is -0.481 e. The van der Waals surface area contributed by atoms with Crippen molar-refractivity contribution < 1.29 is 22.7 Å². The molecular weight excluding hydrogens is 392 g/mol. The van der Waals surface area contributed by atoms with Crippen molar-refractivity contribution in [3.8, 4) is 5.75 Å². The van der Waals surface area contributed by atoms with Crippen LogP contribution in [0.2, 0.25) is 0 Å². The highest BCUT2D eigenvalue weighted by atomic mass is 32.2. The fourth-order valence-corrected chi connectivity index (χ4v) is 4.34. The molecular formula is C21H26N2O5S. The summed E-state index contributed by atoms with van der Waals surface area (Å²) in [4.78, 5) is 14.3. The van der Waals surface area contributed by atoms with Gasteiger partial charge in [0.15, 0.2) is 6.10 Å². The van der Waals surface area contributed by atoms with E-state index >= 15 is 0 Å². The van der Waals surface area contributed by atoms with Gasteiger partial charge in [-0.2, -0.15) is 0 Å². The van der Waals surface area contributed by atoms with E-state index in [2.05, 4.69) is 4.72 Å². The molecule has 1 aliphatic rings. The van der Waals surface area contributed by atoms with Gasteiger partial charge in [0.2, 0.25) is 10.0 Å². The van der Waals surface area contributed by atoms with Gasteiger partial charge in [-0.15, -0.1) is 0 Å². The molecule has 0 bridgehead atoms. The molecule has 1 amide bonds. The first-order valence-corrected chi connectivity index (χ1v) is 11.1. The average molecular weight is 419 g/mol. The van der Waals surface area contributed by atoms with E-state index in [1.54, 1.807) is 30.9 Å². The summed E-state index contributed by atoms with van der Waals surface area (Å²) in [7, 11) is -3.68. The van der Waals surface area contributed by atoms with Crippen molar-refractivity contribution in [2.75, 3.05) is 26.3 Å². The predicted molar refractivity (Wildman–Crippen MR) is 109 cm³/mol. The maximum atomic E-state index is 12.6. The van der Waals surface area contributed by atoms with Crippen LogP contribution in [0.4, 0.5) is 0 Å². The van der Waals surface area contributed by atoms with E-state index in [1.165, 1.54) is 12.1 Å². The summed E-state index contributed by atoms with van der Waals surface area (Å²) in [5.74, 6) is 0.331. The third-order valence-electron chi connectivity index (χ3n) is 4.75. The van der Waals surface area contributed by atoms with Crippen molar-refractivity contribution in [2.45, 2.75) is 30.9 Å². The number of ether oxygens (including phenoxy) is 2. The summed E-state index contributed by atoms with van der Waals surface area (Å²) < 4.78 is 38.9. The van der Waals surface area contributed by atoms with E-state index in [0.29, 0.717) is 32.1 Å². The van der Waals surface area contributed by atoms with Crippen molar-refractivity contribution >= 4 is 15.9 Å². The minimum atomic E-state index is -3.68. The molecule has 0 radical (unpaired) electrons. The summed E-state index contributed by atoms with van der Waals surface area (Å²) in [5.41, 5.74) is 0.881. The highest BCUT2D eigenvalue weighted by molar-refractivity contribution is 7.89.